The van der Waals surface area contributed by atoms with Crippen LogP contribution in [-0.2, 0) is 22.7 Å². The van der Waals surface area contributed by atoms with Crippen molar-refractivity contribution in [2.75, 3.05) is 6.61 Å². The minimum Gasteiger partial charge on any atom is -0.487 e. The third-order valence-electron chi connectivity index (χ3n) is 6.94. The van der Waals surface area contributed by atoms with Crippen LogP contribution in [0, 0.1) is 0 Å². The number of hydrogen-bond acceptors (Lipinski definition) is 8. The number of aromatic nitrogens is 5. The van der Waals surface area contributed by atoms with E-state index in [1.54, 1.807) is 60.3 Å². The number of nitrogens with zero attached hydrogens (tertiary/aromatic N) is 5. The highest BCUT2D eigenvalue weighted by molar-refractivity contribution is 9.10. The van der Waals surface area contributed by atoms with Gasteiger partial charge in [-0.1, -0.05) is 63.6 Å². The summed E-state index contributed by atoms with van der Waals surface area (Å²) in [6.07, 6.45) is 1.79. The smallest absolute Gasteiger partial charge is 0.340 e. The zero-order valence-corrected chi connectivity index (χ0v) is 24.0. The fourth-order valence-electron chi connectivity index (χ4n) is 5.10. The molecular formula is C30H25BrN6O5. The van der Waals surface area contributed by atoms with Crippen molar-refractivity contribution in [2.45, 2.75) is 26.1 Å². The number of esters is 1. The summed E-state index contributed by atoms with van der Waals surface area (Å²) in [6, 6.07) is 20.4. The van der Waals surface area contributed by atoms with Gasteiger partial charge in [-0.25, -0.2) is 14.2 Å². The molecule has 0 amide bonds. The lowest BCUT2D eigenvalue weighted by Crippen LogP contribution is -2.38. The van der Waals surface area contributed by atoms with E-state index in [0.717, 1.165) is 10.2 Å². The summed E-state index contributed by atoms with van der Waals surface area (Å²) in [6.45, 7) is 2.35. The zero-order valence-electron chi connectivity index (χ0n) is 22.4. The van der Waals surface area contributed by atoms with Crippen molar-refractivity contribution < 1.29 is 14.3 Å². The monoisotopic (exact) mass is 628 g/mol. The normalized spacial score (nSPS) is 14.3. The van der Waals surface area contributed by atoms with Crippen molar-refractivity contribution in [2.24, 2.45) is 5.73 Å². The number of nitrogens with two attached hydrogens (primary N) is 1. The molecule has 2 N–H and O–H groups in total. The maximum atomic E-state index is 13.9. The highest BCUT2D eigenvalue weighted by atomic mass is 79.9. The second kappa shape index (κ2) is 11.1. The molecule has 0 bridgehead atoms. The molecule has 0 spiro atoms. The Morgan fingerprint density at radius 1 is 1.00 bits per heavy atom. The van der Waals surface area contributed by atoms with Crippen LogP contribution in [0.25, 0.3) is 16.6 Å². The Hall–Kier alpha value is -4.97. The number of hydrogen-bond donors (Lipinski definition) is 1. The molecule has 212 valence electrons. The number of halogens is 1. The Bertz CT molecular complexity index is 1980. The summed E-state index contributed by atoms with van der Waals surface area (Å²) in [4.78, 5) is 40.7. The Morgan fingerprint density at radius 3 is 2.45 bits per heavy atom. The van der Waals surface area contributed by atoms with Crippen molar-refractivity contribution in [1.82, 2.24) is 24.4 Å². The standard InChI is InChI=1S/C30H25BrN6O5/c1-2-41-30(40)25-26(36-28(38)21-10-6-7-11-22(21)29(39)37(36)27(25)32)23-14-19(31)12-13-24(23)42-17-20-16-35(34-33-20)15-18-8-4-3-5-9-18/h3-14,16,26H,2,15,17,32H2,1H3. The molecule has 3 heterocycles. The third-order valence-corrected chi connectivity index (χ3v) is 7.43. The Balaban J connectivity index is 1.42. The number of rotatable bonds is 8. The van der Waals surface area contributed by atoms with Gasteiger partial charge in [0.1, 0.15) is 35.5 Å². The van der Waals surface area contributed by atoms with Crippen LogP contribution in [0.15, 0.2) is 98.6 Å². The van der Waals surface area contributed by atoms with Gasteiger partial charge >= 0.3 is 5.97 Å². The van der Waals surface area contributed by atoms with Crippen molar-refractivity contribution in [3.63, 3.8) is 0 Å². The minimum absolute atomic E-state index is 0.0388. The molecule has 42 heavy (non-hydrogen) atoms. The predicted molar refractivity (Wildman–Crippen MR) is 159 cm³/mol. The van der Waals surface area contributed by atoms with E-state index in [2.05, 4.69) is 26.2 Å². The van der Waals surface area contributed by atoms with Gasteiger partial charge < -0.3 is 15.2 Å². The van der Waals surface area contributed by atoms with Crippen molar-refractivity contribution in [3.05, 3.63) is 127 Å². The van der Waals surface area contributed by atoms with Gasteiger partial charge in [-0.2, -0.15) is 4.68 Å². The van der Waals surface area contributed by atoms with Crippen LogP contribution in [0.1, 0.15) is 29.8 Å². The summed E-state index contributed by atoms with van der Waals surface area (Å²) < 4.78 is 16.1. The van der Waals surface area contributed by atoms with Gasteiger partial charge in [0.2, 0.25) is 0 Å². The van der Waals surface area contributed by atoms with Gasteiger partial charge in [-0.3, -0.25) is 9.59 Å². The number of carbonyl (C=O) groups excluding carboxylic acids is 1. The molecule has 0 saturated carbocycles. The summed E-state index contributed by atoms with van der Waals surface area (Å²) in [5.74, 6) is -0.564. The van der Waals surface area contributed by atoms with Crippen LogP contribution >= 0.6 is 15.9 Å². The van der Waals surface area contributed by atoms with E-state index in [-0.39, 0.29) is 35.4 Å². The van der Waals surface area contributed by atoms with Crippen molar-refractivity contribution >= 4 is 38.5 Å². The molecular weight excluding hydrogens is 604 g/mol. The SMILES string of the molecule is CCOC(=O)C1=C(N)n2c(=O)c3ccccc3c(=O)n2C1c1cc(Br)ccc1OCc1cn(Cc2ccccc2)nn1. The number of benzene rings is 3. The maximum absolute atomic E-state index is 13.9. The fourth-order valence-corrected chi connectivity index (χ4v) is 5.48. The average molecular weight is 629 g/mol. The first-order chi connectivity index (χ1) is 20.4. The van der Waals surface area contributed by atoms with Crippen LogP contribution in [0.3, 0.4) is 0 Å². The molecule has 2 aromatic heterocycles. The first kappa shape index (κ1) is 27.2. The zero-order chi connectivity index (χ0) is 29.4. The topological polar surface area (TPSA) is 136 Å². The third kappa shape index (κ3) is 4.79. The van der Waals surface area contributed by atoms with Crippen LogP contribution in [0.2, 0.25) is 0 Å². The van der Waals surface area contributed by atoms with Gasteiger partial charge in [0.25, 0.3) is 11.1 Å². The van der Waals surface area contributed by atoms with Gasteiger partial charge in [-0.15, -0.1) is 5.10 Å². The first-order valence-electron chi connectivity index (χ1n) is 13.2. The van der Waals surface area contributed by atoms with E-state index in [1.807, 2.05) is 30.3 Å². The summed E-state index contributed by atoms with van der Waals surface area (Å²) >= 11 is 3.49. The van der Waals surface area contributed by atoms with Crippen molar-refractivity contribution in [1.29, 1.82) is 0 Å². The number of fused-ring (bicyclic) bond motifs is 2. The first-order valence-corrected chi connectivity index (χ1v) is 14.0. The van der Waals surface area contributed by atoms with Gasteiger partial charge in [-0.05, 0) is 42.8 Å². The maximum Gasteiger partial charge on any atom is 0.340 e. The summed E-state index contributed by atoms with van der Waals surface area (Å²) in [7, 11) is 0. The second-order valence-electron chi connectivity index (χ2n) is 9.60. The molecule has 0 saturated heterocycles. The summed E-state index contributed by atoms with van der Waals surface area (Å²) in [5, 5.41) is 8.81. The van der Waals surface area contributed by atoms with Crippen LogP contribution < -0.4 is 21.6 Å². The lowest BCUT2D eigenvalue weighted by Gasteiger charge is -2.21. The molecule has 6 rings (SSSR count). The highest BCUT2D eigenvalue weighted by Gasteiger charge is 2.40. The molecule has 0 aliphatic carbocycles. The van der Waals surface area contributed by atoms with Gasteiger partial charge in [0.05, 0.1) is 30.1 Å². The molecule has 1 atom stereocenters. The Kier molecular flexibility index (Phi) is 7.21. The second-order valence-corrected chi connectivity index (χ2v) is 10.5. The highest BCUT2D eigenvalue weighted by Crippen LogP contribution is 2.39. The molecule has 0 radical (unpaired) electrons. The molecule has 1 aliphatic heterocycles. The predicted octanol–water partition coefficient (Wildman–Crippen LogP) is 3.44. The Labute approximate surface area is 247 Å². The minimum atomic E-state index is -1.10. The van der Waals surface area contributed by atoms with Crippen LogP contribution in [-0.4, -0.2) is 36.9 Å². The fraction of sp³-hybridized carbons (Fsp3) is 0.167. The lowest BCUT2D eigenvalue weighted by atomic mass is 9.98. The van der Waals surface area contributed by atoms with E-state index < -0.39 is 23.1 Å². The Morgan fingerprint density at radius 2 is 1.71 bits per heavy atom. The summed E-state index contributed by atoms with van der Waals surface area (Å²) in [5.41, 5.74) is 7.46. The van der Waals surface area contributed by atoms with E-state index >= 15 is 0 Å². The molecule has 1 unspecified atom stereocenters. The van der Waals surface area contributed by atoms with Gasteiger partial charge in [0, 0.05) is 10.0 Å². The van der Waals surface area contributed by atoms with Crippen LogP contribution in [0.4, 0.5) is 0 Å². The van der Waals surface area contributed by atoms with E-state index in [1.165, 1.54) is 4.68 Å². The average Bonchev–Trinajstić information content (AvgIpc) is 3.57. The van der Waals surface area contributed by atoms with Gasteiger partial charge in [0.15, 0.2) is 0 Å². The molecule has 1 aliphatic rings. The lowest BCUT2D eigenvalue weighted by molar-refractivity contribution is -0.138. The van der Waals surface area contributed by atoms with E-state index in [4.69, 9.17) is 15.2 Å². The molecule has 5 aromatic rings. The van der Waals surface area contributed by atoms with Crippen LogP contribution in [0.5, 0.6) is 5.75 Å². The quantitative estimate of drug-likeness (QED) is 0.258. The van der Waals surface area contributed by atoms with Crippen molar-refractivity contribution in [3.8, 4) is 5.75 Å². The molecule has 0 fully saturated rings. The molecule has 3 aromatic carbocycles. The largest absolute Gasteiger partial charge is 0.487 e. The van der Waals surface area contributed by atoms with E-state index in [9.17, 15) is 14.4 Å². The van der Waals surface area contributed by atoms with E-state index in [0.29, 0.717) is 28.0 Å². The number of carbonyl (C=O) groups is 1. The molecule has 11 nitrogen and oxygen atoms in total. The number of ether oxygens (including phenoxy) is 2. The molecule has 12 heteroatoms.